The number of pyridine rings is 1. The van der Waals surface area contributed by atoms with Crippen LogP contribution in [0.25, 0.3) is 10.8 Å². The largest absolute Gasteiger partial charge is 0.480 e. The highest BCUT2D eigenvalue weighted by Gasteiger charge is 2.11. The fourth-order valence-corrected chi connectivity index (χ4v) is 2.70. The van der Waals surface area contributed by atoms with Gasteiger partial charge >= 0.3 is 11.9 Å². The lowest BCUT2D eigenvalue weighted by atomic mass is 10.1. The summed E-state index contributed by atoms with van der Waals surface area (Å²) < 4.78 is 0. The molecule has 0 spiro atoms. The van der Waals surface area contributed by atoms with E-state index in [4.69, 9.17) is 15.9 Å². The Balaban J connectivity index is 0.000000177. The number of hydrogen-bond donors (Lipinski definition) is 3. The van der Waals surface area contributed by atoms with Crippen molar-refractivity contribution in [3.8, 4) is 0 Å². The summed E-state index contributed by atoms with van der Waals surface area (Å²) in [5, 5.41) is 20.9. The quantitative estimate of drug-likeness (QED) is 0.670. The van der Waals surface area contributed by atoms with Crippen LogP contribution in [0.15, 0.2) is 54.0 Å². The van der Waals surface area contributed by atoms with E-state index in [1.54, 1.807) is 12.3 Å². The Morgan fingerprint density at radius 3 is 2.42 bits per heavy atom. The highest BCUT2D eigenvalue weighted by molar-refractivity contribution is 7.09. The maximum absolute atomic E-state index is 10.6. The Hall–Kier alpha value is -2.77. The maximum atomic E-state index is 10.6. The van der Waals surface area contributed by atoms with Gasteiger partial charge in [-0.25, -0.2) is 9.78 Å². The van der Waals surface area contributed by atoms with Gasteiger partial charge < -0.3 is 15.9 Å². The minimum Gasteiger partial charge on any atom is -0.480 e. The number of aliphatic carboxylic acids is 1. The Bertz CT molecular complexity index is 833. The molecule has 0 aliphatic carbocycles. The molecule has 6 nitrogen and oxygen atoms in total. The molecule has 0 bridgehead atoms. The molecule has 3 aromatic rings. The van der Waals surface area contributed by atoms with E-state index in [0.29, 0.717) is 6.42 Å². The average Bonchev–Trinajstić information content (AvgIpc) is 3.07. The van der Waals surface area contributed by atoms with Crippen molar-refractivity contribution < 1.29 is 19.8 Å². The van der Waals surface area contributed by atoms with E-state index in [-0.39, 0.29) is 5.69 Å². The first-order valence-corrected chi connectivity index (χ1v) is 7.94. The van der Waals surface area contributed by atoms with Gasteiger partial charge in [-0.3, -0.25) is 4.79 Å². The summed E-state index contributed by atoms with van der Waals surface area (Å²) >= 11 is 1.53. The molecule has 7 heteroatoms. The minimum atomic E-state index is -0.995. The number of fused-ring (bicyclic) bond motifs is 1. The molecule has 0 saturated carbocycles. The van der Waals surface area contributed by atoms with Gasteiger partial charge in [0.25, 0.3) is 0 Å². The molecule has 2 aromatic heterocycles. The lowest BCUT2D eigenvalue weighted by Crippen LogP contribution is -2.31. The number of aromatic carboxylic acids is 1. The monoisotopic (exact) mass is 344 g/mol. The average molecular weight is 344 g/mol. The minimum absolute atomic E-state index is 0.0821. The molecule has 1 unspecified atom stereocenters. The van der Waals surface area contributed by atoms with E-state index in [0.717, 1.165) is 15.6 Å². The van der Waals surface area contributed by atoms with Gasteiger partial charge in [0.2, 0.25) is 0 Å². The van der Waals surface area contributed by atoms with Crippen LogP contribution in [0.1, 0.15) is 15.4 Å². The molecule has 0 aliphatic rings. The Kier molecular flexibility index (Phi) is 6.00. The van der Waals surface area contributed by atoms with Crippen LogP contribution in [0.3, 0.4) is 0 Å². The zero-order chi connectivity index (χ0) is 17.5. The molecule has 0 fully saturated rings. The van der Waals surface area contributed by atoms with Crippen molar-refractivity contribution >= 4 is 34.0 Å². The maximum Gasteiger partial charge on any atom is 0.354 e. The Morgan fingerprint density at radius 2 is 1.83 bits per heavy atom. The van der Waals surface area contributed by atoms with Gasteiger partial charge in [0.1, 0.15) is 11.7 Å². The van der Waals surface area contributed by atoms with Crippen molar-refractivity contribution in [2.24, 2.45) is 5.73 Å². The highest BCUT2D eigenvalue weighted by Crippen LogP contribution is 2.13. The number of carboxylic acid groups (broad SMARTS) is 2. The summed E-state index contributed by atoms with van der Waals surface area (Å²) in [7, 11) is 0. The predicted molar refractivity (Wildman–Crippen MR) is 92.3 cm³/mol. The van der Waals surface area contributed by atoms with Gasteiger partial charge in [0, 0.05) is 22.9 Å². The molecular formula is C17H16N2O4S. The van der Waals surface area contributed by atoms with Crippen molar-refractivity contribution in [2.45, 2.75) is 12.5 Å². The predicted octanol–water partition coefficient (Wildman–Crippen LogP) is 2.64. The number of benzene rings is 1. The van der Waals surface area contributed by atoms with E-state index in [1.165, 1.54) is 11.3 Å². The lowest BCUT2D eigenvalue weighted by Gasteiger charge is -2.02. The van der Waals surface area contributed by atoms with Crippen LogP contribution in [-0.4, -0.2) is 33.2 Å². The van der Waals surface area contributed by atoms with E-state index in [1.807, 2.05) is 41.8 Å². The Morgan fingerprint density at radius 1 is 1.12 bits per heavy atom. The van der Waals surface area contributed by atoms with Gasteiger partial charge in [-0.15, -0.1) is 11.3 Å². The zero-order valence-corrected chi connectivity index (χ0v) is 13.4. The van der Waals surface area contributed by atoms with Crippen molar-refractivity contribution in [2.75, 3.05) is 0 Å². The molecular weight excluding hydrogens is 328 g/mol. The third-order valence-corrected chi connectivity index (χ3v) is 4.07. The Labute approximate surface area is 142 Å². The van der Waals surface area contributed by atoms with Crippen LogP contribution in [-0.2, 0) is 11.2 Å². The summed E-state index contributed by atoms with van der Waals surface area (Å²) in [6.07, 6.45) is 1.99. The van der Waals surface area contributed by atoms with E-state index in [2.05, 4.69) is 4.98 Å². The first-order chi connectivity index (χ1) is 11.5. The number of nitrogens with two attached hydrogens (primary N) is 1. The summed E-state index contributed by atoms with van der Waals surface area (Å²) in [5.41, 5.74) is 5.40. The van der Waals surface area contributed by atoms with Gasteiger partial charge in [0.05, 0.1) is 0 Å². The van der Waals surface area contributed by atoms with E-state index in [9.17, 15) is 9.59 Å². The molecule has 0 aliphatic heterocycles. The van der Waals surface area contributed by atoms with Crippen LogP contribution in [0, 0.1) is 0 Å². The lowest BCUT2D eigenvalue weighted by molar-refractivity contribution is -0.138. The second-order valence-corrected chi connectivity index (χ2v) is 5.98. The van der Waals surface area contributed by atoms with Crippen LogP contribution < -0.4 is 5.73 Å². The smallest absolute Gasteiger partial charge is 0.354 e. The van der Waals surface area contributed by atoms with Crippen LogP contribution in [0.2, 0.25) is 0 Å². The van der Waals surface area contributed by atoms with Crippen molar-refractivity contribution in [3.05, 3.63) is 64.6 Å². The number of thiophene rings is 1. The third-order valence-electron chi connectivity index (χ3n) is 3.17. The molecule has 124 valence electrons. The number of carboxylic acids is 2. The van der Waals surface area contributed by atoms with Gasteiger partial charge in [-0.05, 0) is 22.9 Å². The standard InChI is InChI=1S/C10H7NO2.C7H9NO2S/c12-10(13)9-5-7-3-1-2-4-8(7)6-11-9;8-6(7(9)10)4-5-2-1-3-11-5/h1-6H,(H,12,13);1-3,6H,4,8H2,(H,9,10). The summed E-state index contributed by atoms with van der Waals surface area (Å²) in [4.78, 5) is 25.7. The molecule has 1 aromatic carbocycles. The second kappa shape index (κ2) is 8.19. The van der Waals surface area contributed by atoms with Gasteiger partial charge in [-0.1, -0.05) is 30.3 Å². The number of aromatic nitrogens is 1. The van der Waals surface area contributed by atoms with Crippen molar-refractivity contribution in [1.82, 2.24) is 4.98 Å². The number of carbonyl (C=O) groups is 2. The van der Waals surface area contributed by atoms with Crippen LogP contribution in [0.4, 0.5) is 0 Å². The summed E-state index contributed by atoms with van der Waals surface area (Å²) in [6.45, 7) is 0. The molecule has 4 N–H and O–H groups in total. The molecule has 0 saturated heterocycles. The van der Waals surface area contributed by atoms with E-state index >= 15 is 0 Å². The number of nitrogens with zero attached hydrogens (tertiary/aromatic N) is 1. The van der Waals surface area contributed by atoms with Crippen molar-refractivity contribution in [3.63, 3.8) is 0 Å². The normalized spacial score (nSPS) is 11.4. The topological polar surface area (TPSA) is 114 Å². The molecule has 24 heavy (non-hydrogen) atoms. The summed E-state index contributed by atoms with van der Waals surface area (Å²) in [6, 6.07) is 12.1. The van der Waals surface area contributed by atoms with Gasteiger partial charge in [0.15, 0.2) is 0 Å². The SMILES string of the molecule is NC(Cc1cccs1)C(=O)O.O=C(O)c1cc2ccccc2cn1. The van der Waals surface area contributed by atoms with Crippen molar-refractivity contribution in [1.29, 1.82) is 0 Å². The molecule has 2 heterocycles. The number of hydrogen-bond acceptors (Lipinski definition) is 5. The fraction of sp³-hybridized carbons (Fsp3) is 0.118. The second-order valence-electron chi connectivity index (χ2n) is 4.95. The molecule has 3 rings (SSSR count). The first kappa shape index (κ1) is 17.6. The fourth-order valence-electron chi connectivity index (χ4n) is 1.93. The van der Waals surface area contributed by atoms with Crippen LogP contribution >= 0.6 is 11.3 Å². The van der Waals surface area contributed by atoms with Crippen LogP contribution in [0.5, 0.6) is 0 Å². The van der Waals surface area contributed by atoms with Gasteiger partial charge in [-0.2, -0.15) is 0 Å². The first-order valence-electron chi connectivity index (χ1n) is 7.06. The third kappa shape index (κ3) is 4.87. The molecule has 1 atom stereocenters. The zero-order valence-electron chi connectivity index (χ0n) is 12.6. The molecule has 0 amide bonds. The molecule has 0 radical (unpaired) electrons. The highest BCUT2D eigenvalue weighted by atomic mass is 32.1. The summed E-state index contributed by atoms with van der Waals surface area (Å²) in [5.74, 6) is -1.94. The van der Waals surface area contributed by atoms with E-state index < -0.39 is 18.0 Å². The number of rotatable bonds is 4.